The molecule has 0 bridgehead atoms. The number of hydrogen-bond donors (Lipinski definition) is 0. The molecule has 1 atom stereocenters. The van der Waals surface area contributed by atoms with Gasteiger partial charge in [0.25, 0.3) is 5.91 Å². The third-order valence-electron chi connectivity index (χ3n) is 3.70. The van der Waals surface area contributed by atoms with E-state index in [1.807, 2.05) is 54.6 Å². The number of amides is 1. The average Bonchev–Trinajstić information content (AvgIpc) is 2.92. The van der Waals surface area contributed by atoms with Crippen LogP contribution in [0.2, 0.25) is 0 Å². The molecule has 0 saturated carbocycles. The van der Waals surface area contributed by atoms with Gasteiger partial charge in [-0.05, 0) is 29.8 Å². The fraction of sp³-hybridized carbons (Fsp3) is 0.167. The molecule has 0 spiro atoms. The number of benzene rings is 2. The van der Waals surface area contributed by atoms with Crippen molar-refractivity contribution in [3.05, 3.63) is 66.2 Å². The van der Waals surface area contributed by atoms with Crippen LogP contribution >= 0.6 is 0 Å². The molecular weight excluding hydrogens is 278 g/mol. The molecule has 0 N–H and O–H groups in total. The summed E-state index contributed by atoms with van der Waals surface area (Å²) in [6, 6.07) is 17.2. The molecule has 0 aliphatic carbocycles. The molecule has 2 aromatic rings. The quantitative estimate of drug-likeness (QED) is 0.870. The van der Waals surface area contributed by atoms with Crippen molar-refractivity contribution in [3.8, 4) is 5.75 Å². The molecule has 2 aromatic carbocycles. The van der Waals surface area contributed by atoms with Crippen LogP contribution in [0.1, 0.15) is 5.56 Å². The van der Waals surface area contributed by atoms with E-state index >= 15 is 0 Å². The summed E-state index contributed by atoms with van der Waals surface area (Å²) in [7, 11) is 3.22. The van der Waals surface area contributed by atoms with Crippen LogP contribution in [-0.2, 0) is 9.53 Å². The first kappa shape index (κ1) is 14.4. The van der Waals surface area contributed by atoms with Crippen LogP contribution in [0.15, 0.2) is 60.7 Å². The summed E-state index contributed by atoms with van der Waals surface area (Å²) >= 11 is 0. The van der Waals surface area contributed by atoms with Crippen LogP contribution < -0.4 is 9.64 Å². The predicted molar refractivity (Wildman–Crippen MR) is 85.7 cm³/mol. The monoisotopic (exact) mass is 295 g/mol. The van der Waals surface area contributed by atoms with E-state index in [2.05, 4.69) is 0 Å². The zero-order valence-corrected chi connectivity index (χ0v) is 12.5. The minimum absolute atomic E-state index is 0.0872. The largest absolute Gasteiger partial charge is 0.497 e. The fourth-order valence-electron chi connectivity index (χ4n) is 2.62. The highest BCUT2D eigenvalue weighted by Gasteiger charge is 2.34. The van der Waals surface area contributed by atoms with Crippen molar-refractivity contribution in [1.82, 2.24) is 0 Å². The Balaban J connectivity index is 1.95. The molecule has 3 rings (SSSR count). The maximum absolute atomic E-state index is 12.4. The Bertz CT molecular complexity index is 692. The number of methoxy groups -OCH3 is 2. The van der Waals surface area contributed by atoms with Gasteiger partial charge in [0.1, 0.15) is 5.75 Å². The topological polar surface area (TPSA) is 38.8 Å². The van der Waals surface area contributed by atoms with E-state index in [-0.39, 0.29) is 5.91 Å². The van der Waals surface area contributed by atoms with Gasteiger partial charge in [0.05, 0.1) is 7.11 Å². The molecule has 22 heavy (non-hydrogen) atoms. The lowest BCUT2D eigenvalue weighted by Crippen LogP contribution is -2.36. The highest BCUT2D eigenvalue weighted by Crippen LogP contribution is 2.33. The van der Waals surface area contributed by atoms with Crippen molar-refractivity contribution in [1.29, 1.82) is 0 Å². The molecule has 4 heteroatoms. The zero-order chi connectivity index (χ0) is 15.5. The maximum atomic E-state index is 12.4. The summed E-state index contributed by atoms with van der Waals surface area (Å²) in [5.41, 5.74) is 2.63. The molecule has 4 nitrogen and oxygen atoms in total. The normalized spacial score (nSPS) is 17.5. The van der Waals surface area contributed by atoms with Gasteiger partial charge in [-0.1, -0.05) is 30.3 Å². The lowest BCUT2D eigenvalue weighted by atomic mass is 10.1. The molecule has 0 aromatic heterocycles. The number of carbonyl (C=O) groups is 1. The van der Waals surface area contributed by atoms with Gasteiger partial charge in [-0.3, -0.25) is 9.69 Å². The van der Waals surface area contributed by atoms with E-state index in [1.54, 1.807) is 25.2 Å². The minimum atomic E-state index is -0.428. The summed E-state index contributed by atoms with van der Waals surface area (Å²) in [5.74, 6) is 0.663. The molecule has 1 unspecified atom stereocenters. The molecule has 0 radical (unpaired) electrons. The number of hydrogen-bond acceptors (Lipinski definition) is 3. The molecule has 1 heterocycles. The second-order valence-corrected chi connectivity index (χ2v) is 4.96. The highest BCUT2D eigenvalue weighted by atomic mass is 16.5. The zero-order valence-electron chi connectivity index (χ0n) is 12.5. The number of carbonyl (C=O) groups excluding carboxylic acids is 1. The molecular formula is C18H17NO3. The maximum Gasteiger partial charge on any atom is 0.253 e. The van der Waals surface area contributed by atoms with Gasteiger partial charge in [-0.15, -0.1) is 0 Å². The van der Waals surface area contributed by atoms with Crippen molar-refractivity contribution < 1.29 is 14.3 Å². The SMILES string of the molecule is COc1ccc(N2C(=O)C=C(c3ccccc3)C2OC)cc1. The molecule has 1 aliphatic rings. The Morgan fingerprint density at radius 2 is 1.64 bits per heavy atom. The Hall–Kier alpha value is -2.59. The van der Waals surface area contributed by atoms with Crippen molar-refractivity contribution in [2.45, 2.75) is 6.23 Å². The van der Waals surface area contributed by atoms with E-state index in [0.717, 1.165) is 22.6 Å². The van der Waals surface area contributed by atoms with Gasteiger partial charge in [0.2, 0.25) is 0 Å². The van der Waals surface area contributed by atoms with E-state index in [1.165, 1.54) is 0 Å². The number of rotatable bonds is 4. The van der Waals surface area contributed by atoms with Gasteiger partial charge < -0.3 is 9.47 Å². The van der Waals surface area contributed by atoms with Crippen molar-refractivity contribution in [2.24, 2.45) is 0 Å². The van der Waals surface area contributed by atoms with Gasteiger partial charge in [0.15, 0.2) is 6.23 Å². The lowest BCUT2D eigenvalue weighted by molar-refractivity contribution is -0.114. The first-order chi connectivity index (χ1) is 10.7. The van der Waals surface area contributed by atoms with Crippen LogP contribution in [0.4, 0.5) is 5.69 Å². The van der Waals surface area contributed by atoms with Gasteiger partial charge in [-0.2, -0.15) is 0 Å². The average molecular weight is 295 g/mol. The van der Waals surface area contributed by atoms with Crippen molar-refractivity contribution in [3.63, 3.8) is 0 Å². The van der Waals surface area contributed by atoms with Gasteiger partial charge in [0, 0.05) is 24.4 Å². The van der Waals surface area contributed by atoms with Gasteiger partial charge >= 0.3 is 0 Å². The van der Waals surface area contributed by atoms with Crippen LogP contribution in [0.3, 0.4) is 0 Å². The Morgan fingerprint density at radius 1 is 0.955 bits per heavy atom. The first-order valence-corrected chi connectivity index (χ1v) is 7.01. The fourth-order valence-corrected chi connectivity index (χ4v) is 2.62. The summed E-state index contributed by atoms with van der Waals surface area (Å²) < 4.78 is 10.7. The summed E-state index contributed by atoms with van der Waals surface area (Å²) in [6.45, 7) is 0. The first-order valence-electron chi connectivity index (χ1n) is 7.01. The Labute approximate surface area is 129 Å². The van der Waals surface area contributed by atoms with E-state index in [4.69, 9.17) is 9.47 Å². The minimum Gasteiger partial charge on any atom is -0.497 e. The summed E-state index contributed by atoms with van der Waals surface area (Å²) in [4.78, 5) is 14.1. The van der Waals surface area contributed by atoms with Crippen LogP contribution in [0, 0.1) is 0 Å². The Morgan fingerprint density at radius 3 is 2.23 bits per heavy atom. The van der Waals surface area contributed by atoms with Crippen LogP contribution in [-0.4, -0.2) is 26.4 Å². The molecule has 112 valence electrons. The van der Waals surface area contributed by atoms with Gasteiger partial charge in [-0.25, -0.2) is 0 Å². The van der Waals surface area contributed by atoms with E-state index < -0.39 is 6.23 Å². The Kier molecular flexibility index (Phi) is 3.94. The van der Waals surface area contributed by atoms with E-state index in [9.17, 15) is 4.79 Å². The molecule has 0 saturated heterocycles. The smallest absolute Gasteiger partial charge is 0.253 e. The number of ether oxygens (including phenoxy) is 2. The third-order valence-corrected chi connectivity index (χ3v) is 3.70. The second-order valence-electron chi connectivity index (χ2n) is 4.96. The number of anilines is 1. The van der Waals surface area contributed by atoms with Crippen molar-refractivity contribution >= 4 is 17.2 Å². The highest BCUT2D eigenvalue weighted by molar-refractivity contribution is 6.12. The molecule has 1 amide bonds. The third kappa shape index (κ3) is 2.49. The van der Waals surface area contributed by atoms with Crippen molar-refractivity contribution in [2.75, 3.05) is 19.1 Å². The number of nitrogens with zero attached hydrogens (tertiary/aromatic N) is 1. The predicted octanol–water partition coefficient (Wildman–Crippen LogP) is 3.10. The van der Waals surface area contributed by atoms with Crippen LogP contribution in [0.5, 0.6) is 5.75 Å². The molecule has 0 fully saturated rings. The van der Waals surface area contributed by atoms with Crippen LogP contribution in [0.25, 0.3) is 5.57 Å². The summed E-state index contributed by atoms with van der Waals surface area (Å²) in [5, 5.41) is 0. The lowest BCUT2D eigenvalue weighted by Gasteiger charge is -2.26. The standard InChI is InChI=1S/C18H17NO3/c1-21-15-10-8-14(9-11-15)19-17(20)12-16(18(19)22-2)13-6-4-3-5-7-13/h3-12,18H,1-2H3. The van der Waals surface area contributed by atoms with E-state index in [0.29, 0.717) is 0 Å². The second kappa shape index (κ2) is 6.03. The molecule has 1 aliphatic heterocycles. The summed E-state index contributed by atoms with van der Waals surface area (Å²) in [6.07, 6.45) is 1.21.